The highest BCUT2D eigenvalue weighted by atomic mass is 16.7. The Hall–Kier alpha value is -2.56. The highest BCUT2D eigenvalue weighted by Gasteiger charge is 2.42. The van der Waals surface area contributed by atoms with Crippen LogP contribution >= 0.6 is 0 Å². The summed E-state index contributed by atoms with van der Waals surface area (Å²) in [7, 11) is 0. The zero-order chi connectivity index (χ0) is 14.0. The van der Waals surface area contributed by atoms with Crippen LogP contribution in [-0.4, -0.2) is 18.5 Å². The second-order valence-electron chi connectivity index (χ2n) is 5.42. The van der Waals surface area contributed by atoms with Crippen LogP contribution in [0.1, 0.15) is 23.1 Å². The van der Waals surface area contributed by atoms with Crippen molar-refractivity contribution >= 4 is 0 Å². The van der Waals surface area contributed by atoms with Crippen LogP contribution in [0.5, 0.6) is 28.7 Å². The van der Waals surface area contributed by atoms with E-state index >= 15 is 0 Å². The molecule has 5 nitrogen and oxygen atoms in total. The Kier molecular flexibility index (Phi) is 1.99. The first-order valence-corrected chi connectivity index (χ1v) is 6.85. The van der Waals surface area contributed by atoms with Crippen LogP contribution in [0.3, 0.4) is 0 Å². The Morgan fingerprint density at radius 1 is 0.857 bits per heavy atom. The number of phenolic OH excluding ortho intramolecular Hbond substituents is 1. The van der Waals surface area contributed by atoms with Gasteiger partial charge in [0.25, 0.3) is 0 Å². The fourth-order valence-corrected chi connectivity index (χ4v) is 3.23. The van der Waals surface area contributed by atoms with Gasteiger partial charge >= 0.3 is 0 Å². The predicted octanol–water partition coefficient (Wildman–Crippen LogP) is 2.73. The predicted molar refractivity (Wildman–Crippen MR) is 72.3 cm³/mol. The van der Waals surface area contributed by atoms with E-state index in [9.17, 15) is 5.11 Å². The number of fused-ring (bicyclic) bond motifs is 6. The molecule has 5 heteroatoms. The van der Waals surface area contributed by atoms with Crippen molar-refractivity contribution in [1.82, 2.24) is 0 Å². The third kappa shape index (κ3) is 1.46. The maximum atomic E-state index is 9.56. The van der Waals surface area contributed by atoms with Crippen molar-refractivity contribution in [1.29, 1.82) is 0 Å². The van der Waals surface area contributed by atoms with Gasteiger partial charge in [-0.1, -0.05) is 0 Å². The van der Waals surface area contributed by atoms with Crippen LogP contribution in [0.25, 0.3) is 0 Å². The number of aromatic hydroxyl groups is 1. The van der Waals surface area contributed by atoms with Crippen molar-refractivity contribution in [2.24, 2.45) is 0 Å². The minimum Gasteiger partial charge on any atom is -0.508 e. The summed E-state index contributed by atoms with van der Waals surface area (Å²) >= 11 is 0. The minimum absolute atomic E-state index is 0.0909. The van der Waals surface area contributed by atoms with Gasteiger partial charge in [0.2, 0.25) is 6.79 Å². The van der Waals surface area contributed by atoms with Crippen molar-refractivity contribution in [2.75, 3.05) is 13.4 Å². The van der Waals surface area contributed by atoms with E-state index in [1.165, 1.54) is 0 Å². The molecule has 0 aromatic heterocycles. The van der Waals surface area contributed by atoms with Gasteiger partial charge in [0.1, 0.15) is 23.4 Å². The molecule has 2 aromatic carbocycles. The summed E-state index contributed by atoms with van der Waals surface area (Å²) < 4.78 is 22.7. The summed E-state index contributed by atoms with van der Waals surface area (Å²) in [6.07, 6.45) is -0.0909. The first-order valence-electron chi connectivity index (χ1n) is 6.85. The van der Waals surface area contributed by atoms with Crippen LogP contribution in [0.15, 0.2) is 30.3 Å². The Labute approximate surface area is 120 Å². The molecule has 0 saturated carbocycles. The molecule has 0 spiro atoms. The van der Waals surface area contributed by atoms with Gasteiger partial charge in [-0.05, 0) is 18.2 Å². The van der Waals surface area contributed by atoms with Crippen LogP contribution in [-0.2, 0) is 0 Å². The average molecular weight is 284 g/mol. The molecule has 0 bridgehead atoms. The molecule has 3 aliphatic heterocycles. The standard InChI is InChI=1S/C16H12O5/c17-8-1-2-9-12(3-8)18-6-11-10-4-14-15(20-7-19-14)5-13(10)21-16(9)11/h1-5,11,16-17H,6-7H2/t11?,16-/m1/s1. The average Bonchev–Trinajstić information content (AvgIpc) is 3.07. The lowest BCUT2D eigenvalue weighted by Crippen LogP contribution is -2.23. The zero-order valence-electron chi connectivity index (χ0n) is 11.0. The highest BCUT2D eigenvalue weighted by molar-refractivity contribution is 5.57. The van der Waals surface area contributed by atoms with E-state index in [0.717, 1.165) is 28.4 Å². The molecular formula is C16H12O5. The van der Waals surface area contributed by atoms with Crippen LogP contribution < -0.4 is 18.9 Å². The molecule has 0 aliphatic carbocycles. The molecule has 1 N–H and O–H groups in total. The molecule has 21 heavy (non-hydrogen) atoms. The number of hydrogen-bond donors (Lipinski definition) is 1. The topological polar surface area (TPSA) is 57.2 Å². The summed E-state index contributed by atoms with van der Waals surface area (Å²) in [5, 5.41) is 9.56. The summed E-state index contributed by atoms with van der Waals surface area (Å²) in [6, 6.07) is 9.01. The summed E-state index contributed by atoms with van der Waals surface area (Å²) in [4.78, 5) is 0. The summed E-state index contributed by atoms with van der Waals surface area (Å²) in [5.74, 6) is 3.31. The van der Waals surface area contributed by atoms with E-state index in [2.05, 4.69) is 0 Å². The van der Waals surface area contributed by atoms with E-state index in [1.54, 1.807) is 12.1 Å². The molecule has 5 rings (SSSR count). The first-order chi connectivity index (χ1) is 10.3. The molecule has 2 aromatic rings. The third-order valence-corrected chi connectivity index (χ3v) is 4.25. The fraction of sp³-hybridized carbons (Fsp3) is 0.250. The molecule has 106 valence electrons. The maximum absolute atomic E-state index is 9.56. The molecular weight excluding hydrogens is 272 g/mol. The Bertz CT molecular complexity index is 755. The van der Waals surface area contributed by atoms with Crippen LogP contribution in [0.2, 0.25) is 0 Å². The second-order valence-corrected chi connectivity index (χ2v) is 5.42. The monoisotopic (exact) mass is 284 g/mol. The molecule has 0 amide bonds. The number of benzene rings is 2. The second kappa shape index (κ2) is 3.75. The first kappa shape index (κ1) is 11.1. The van der Waals surface area contributed by atoms with Gasteiger partial charge in [-0.3, -0.25) is 0 Å². The number of hydrogen-bond acceptors (Lipinski definition) is 5. The zero-order valence-corrected chi connectivity index (χ0v) is 11.0. The van der Waals surface area contributed by atoms with Crippen molar-refractivity contribution in [2.45, 2.75) is 12.0 Å². The Morgan fingerprint density at radius 2 is 1.71 bits per heavy atom. The SMILES string of the molecule is Oc1ccc2c(c1)OCC1c3cc4c(cc3O[C@H]21)OCO4. The quantitative estimate of drug-likeness (QED) is 0.806. The lowest BCUT2D eigenvalue weighted by atomic mass is 9.89. The highest BCUT2D eigenvalue weighted by Crippen LogP contribution is 2.54. The van der Waals surface area contributed by atoms with E-state index in [-0.39, 0.29) is 24.6 Å². The van der Waals surface area contributed by atoms with E-state index in [0.29, 0.717) is 12.4 Å². The van der Waals surface area contributed by atoms with Gasteiger partial charge in [-0.15, -0.1) is 0 Å². The number of phenols is 1. The van der Waals surface area contributed by atoms with Crippen molar-refractivity contribution < 1.29 is 24.1 Å². The molecule has 3 heterocycles. The van der Waals surface area contributed by atoms with Gasteiger partial charge in [-0.2, -0.15) is 0 Å². The van der Waals surface area contributed by atoms with E-state index < -0.39 is 0 Å². The van der Waals surface area contributed by atoms with Crippen molar-refractivity contribution in [3.63, 3.8) is 0 Å². The van der Waals surface area contributed by atoms with Gasteiger partial charge in [0, 0.05) is 23.3 Å². The van der Waals surface area contributed by atoms with E-state index in [4.69, 9.17) is 18.9 Å². The van der Waals surface area contributed by atoms with E-state index in [1.807, 2.05) is 18.2 Å². The van der Waals surface area contributed by atoms with Gasteiger partial charge in [-0.25, -0.2) is 0 Å². The Morgan fingerprint density at radius 3 is 2.62 bits per heavy atom. The normalized spacial score (nSPS) is 23.6. The molecule has 0 fully saturated rings. The lowest BCUT2D eigenvalue weighted by Gasteiger charge is -2.27. The largest absolute Gasteiger partial charge is 0.508 e. The van der Waals surface area contributed by atoms with Gasteiger partial charge in [0.05, 0.1) is 12.5 Å². The summed E-state index contributed by atoms with van der Waals surface area (Å²) in [5.41, 5.74) is 2.05. The number of ether oxygens (including phenoxy) is 4. The number of rotatable bonds is 0. The van der Waals surface area contributed by atoms with Crippen LogP contribution in [0.4, 0.5) is 0 Å². The van der Waals surface area contributed by atoms with Crippen molar-refractivity contribution in [3.8, 4) is 28.7 Å². The minimum atomic E-state index is -0.0909. The fourth-order valence-electron chi connectivity index (χ4n) is 3.23. The summed E-state index contributed by atoms with van der Waals surface area (Å²) in [6.45, 7) is 0.776. The Balaban J connectivity index is 1.62. The molecule has 0 radical (unpaired) electrons. The van der Waals surface area contributed by atoms with Crippen LogP contribution in [0, 0.1) is 0 Å². The molecule has 3 aliphatic rings. The molecule has 2 atom stereocenters. The molecule has 0 saturated heterocycles. The molecule has 1 unspecified atom stereocenters. The van der Waals surface area contributed by atoms with Gasteiger partial charge < -0.3 is 24.1 Å². The third-order valence-electron chi connectivity index (χ3n) is 4.25. The lowest BCUT2D eigenvalue weighted by molar-refractivity contribution is 0.138. The van der Waals surface area contributed by atoms with Crippen molar-refractivity contribution in [3.05, 3.63) is 41.5 Å². The maximum Gasteiger partial charge on any atom is 0.231 e. The van der Waals surface area contributed by atoms with Gasteiger partial charge in [0.15, 0.2) is 11.5 Å². The smallest absolute Gasteiger partial charge is 0.231 e.